The third-order valence-corrected chi connectivity index (χ3v) is 2.01. The summed E-state index contributed by atoms with van der Waals surface area (Å²) in [5.74, 6) is 0.0583. The van der Waals surface area contributed by atoms with Gasteiger partial charge < -0.3 is 5.32 Å². The fraction of sp³-hybridized carbons (Fsp3) is 0.0909. The lowest BCUT2D eigenvalue weighted by Crippen LogP contribution is -2.03. The van der Waals surface area contributed by atoms with Crippen LogP contribution in [0.25, 0.3) is 0 Å². The molecule has 2 aromatic rings. The fourth-order valence-corrected chi connectivity index (χ4v) is 1.31. The fourth-order valence-electron chi connectivity index (χ4n) is 1.31. The summed E-state index contributed by atoms with van der Waals surface area (Å²) in [7, 11) is 0. The molecule has 3 heterocycles. The number of anilines is 1. The maximum absolute atomic E-state index is 10.8. The Morgan fingerprint density at radius 1 is 1.12 bits per heavy atom. The van der Waals surface area contributed by atoms with Crippen molar-refractivity contribution >= 4 is 11.6 Å². The summed E-state index contributed by atoms with van der Waals surface area (Å²) in [5.41, 5.74) is 1.90. The maximum Gasteiger partial charge on any atom is 0.228 e. The minimum atomic E-state index is 0.0583. The number of fused-ring (bicyclic) bond motifs is 1. The van der Waals surface area contributed by atoms with Gasteiger partial charge in [-0.05, 0) is 17.7 Å². The zero-order valence-corrected chi connectivity index (χ0v) is 8.50. The van der Waals surface area contributed by atoms with Crippen molar-refractivity contribution in [2.24, 2.45) is 0 Å². The molecule has 0 aromatic carbocycles. The number of nitrogens with one attached hydrogen (secondary N) is 1. The van der Waals surface area contributed by atoms with Crippen LogP contribution in [0.3, 0.4) is 0 Å². The molecule has 0 aliphatic carbocycles. The molecule has 16 heavy (non-hydrogen) atoms. The molecule has 0 saturated carbocycles. The monoisotopic (exact) mass is 214 g/mol. The van der Waals surface area contributed by atoms with Crippen LogP contribution in [0.4, 0.5) is 5.69 Å². The first-order chi connectivity index (χ1) is 7.86. The van der Waals surface area contributed by atoms with Gasteiger partial charge in [-0.2, -0.15) is 0 Å². The second kappa shape index (κ2) is 4.97. The molecule has 0 fully saturated rings. The molecule has 3 rings (SSSR count). The van der Waals surface area contributed by atoms with Gasteiger partial charge >= 0.3 is 0 Å². The second-order valence-corrected chi connectivity index (χ2v) is 3.16. The van der Waals surface area contributed by atoms with Crippen LogP contribution in [0.1, 0.15) is 5.56 Å². The summed E-state index contributed by atoms with van der Waals surface area (Å²) in [6, 6.07) is 3.63. The lowest BCUT2D eigenvalue weighted by molar-refractivity contribution is -0.115. The van der Waals surface area contributed by atoms with Crippen molar-refractivity contribution in [3.8, 4) is 0 Å². The summed E-state index contributed by atoms with van der Waals surface area (Å²) in [5, 5.41) is 2.70. The number of rotatable bonds is 0. The molecule has 1 aliphatic rings. The summed E-state index contributed by atoms with van der Waals surface area (Å²) < 4.78 is 0. The normalized spacial score (nSPS) is 12.1. The van der Waals surface area contributed by atoms with Crippen molar-refractivity contribution < 1.29 is 4.79 Å². The SMILES string of the molecule is O=C1Cc2ccncc2N1.c1cncnc1. The zero-order chi connectivity index (χ0) is 11.2. The molecule has 5 heteroatoms. The number of hydrogen-bond donors (Lipinski definition) is 1. The van der Waals surface area contributed by atoms with E-state index in [1.165, 1.54) is 6.33 Å². The Morgan fingerprint density at radius 3 is 2.50 bits per heavy atom. The van der Waals surface area contributed by atoms with Gasteiger partial charge in [0.2, 0.25) is 5.91 Å². The molecule has 0 saturated heterocycles. The van der Waals surface area contributed by atoms with Crippen LogP contribution in [0.15, 0.2) is 43.2 Å². The average Bonchev–Trinajstić information content (AvgIpc) is 2.72. The van der Waals surface area contributed by atoms with Crippen LogP contribution in [0.2, 0.25) is 0 Å². The van der Waals surface area contributed by atoms with E-state index in [0.29, 0.717) is 6.42 Å². The average molecular weight is 214 g/mol. The minimum Gasteiger partial charge on any atom is -0.324 e. The first-order valence-electron chi connectivity index (χ1n) is 4.79. The molecule has 1 N–H and O–H groups in total. The predicted molar refractivity (Wildman–Crippen MR) is 58.6 cm³/mol. The van der Waals surface area contributed by atoms with Crippen LogP contribution in [-0.4, -0.2) is 20.9 Å². The van der Waals surface area contributed by atoms with Gasteiger partial charge in [0.15, 0.2) is 0 Å². The molecule has 0 bridgehead atoms. The Morgan fingerprint density at radius 2 is 1.94 bits per heavy atom. The lowest BCUT2D eigenvalue weighted by atomic mass is 10.2. The Bertz CT molecular complexity index is 419. The van der Waals surface area contributed by atoms with Gasteiger partial charge in [0, 0.05) is 18.6 Å². The molecule has 0 unspecified atom stereocenters. The molecule has 0 atom stereocenters. The van der Waals surface area contributed by atoms with Gasteiger partial charge in [0.25, 0.3) is 0 Å². The Hall–Kier alpha value is -2.30. The molecule has 0 radical (unpaired) electrons. The van der Waals surface area contributed by atoms with E-state index in [-0.39, 0.29) is 5.91 Å². The number of amides is 1. The van der Waals surface area contributed by atoms with Crippen LogP contribution in [0.5, 0.6) is 0 Å². The highest BCUT2D eigenvalue weighted by Gasteiger charge is 2.15. The zero-order valence-electron chi connectivity index (χ0n) is 8.50. The maximum atomic E-state index is 10.8. The Labute approximate surface area is 92.6 Å². The van der Waals surface area contributed by atoms with Crippen molar-refractivity contribution in [1.82, 2.24) is 15.0 Å². The first kappa shape index (κ1) is 10.2. The van der Waals surface area contributed by atoms with E-state index in [9.17, 15) is 4.79 Å². The van der Waals surface area contributed by atoms with Crippen LogP contribution >= 0.6 is 0 Å². The number of hydrogen-bond acceptors (Lipinski definition) is 4. The minimum absolute atomic E-state index is 0.0583. The Kier molecular flexibility index (Phi) is 3.18. The topological polar surface area (TPSA) is 67.8 Å². The van der Waals surface area contributed by atoms with E-state index in [2.05, 4.69) is 20.3 Å². The summed E-state index contributed by atoms with van der Waals surface area (Å²) in [4.78, 5) is 22.0. The molecule has 0 spiro atoms. The standard InChI is InChI=1S/C7H6N2O.C4H4N2/c10-7-3-5-1-2-8-4-6(5)9-7;1-2-5-4-6-3-1/h1-2,4H,3H2,(H,9,10);1-4H. The molecular weight excluding hydrogens is 204 g/mol. The highest BCUT2D eigenvalue weighted by atomic mass is 16.1. The van der Waals surface area contributed by atoms with Gasteiger partial charge in [-0.1, -0.05) is 0 Å². The quantitative estimate of drug-likeness (QED) is 0.711. The van der Waals surface area contributed by atoms with Gasteiger partial charge in [-0.25, -0.2) is 9.97 Å². The first-order valence-corrected chi connectivity index (χ1v) is 4.79. The predicted octanol–water partition coefficient (Wildman–Crippen LogP) is 1.05. The van der Waals surface area contributed by atoms with E-state index < -0.39 is 0 Å². The van der Waals surface area contributed by atoms with Crippen molar-refractivity contribution in [1.29, 1.82) is 0 Å². The van der Waals surface area contributed by atoms with Gasteiger partial charge in [-0.3, -0.25) is 9.78 Å². The molecule has 80 valence electrons. The molecular formula is C11H10N4O. The van der Waals surface area contributed by atoms with Crippen molar-refractivity contribution in [2.45, 2.75) is 6.42 Å². The van der Waals surface area contributed by atoms with E-state index in [4.69, 9.17) is 0 Å². The smallest absolute Gasteiger partial charge is 0.228 e. The molecule has 2 aromatic heterocycles. The van der Waals surface area contributed by atoms with Crippen LogP contribution < -0.4 is 5.32 Å². The summed E-state index contributed by atoms with van der Waals surface area (Å²) >= 11 is 0. The number of carbonyl (C=O) groups is 1. The van der Waals surface area contributed by atoms with E-state index in [1.807, 2.05) is 6.07 Å². The molecule has 1 amide bonds. The van der Waals surface area contributed by atoms with E-state index in [1.54, 1.807) is 30.9 Å². The van der Waals surface area contributed by atoms with Gasteiger partial charge in [-0.15, -0.1) is 0 Å². The van der Waals surface area contributed by atoms with Crippen molar-refractivity contribution in [3.63, 3.8) is 0 Å². The highest BCUT2D eigenvalue weighted by Crippen LogP contribution is 2.19. The molecule has 5 nitrogen and oxygen atoms in total. The van der Waals surface area contributed by atoms with Gasteiger partial charge in [0.1, 0.15) is 6.33 Å². The number of aromatic nitrogens is 3. The number of nitrogens with zero attached hydrogens (tertiary/aromatic N) is 3. The summed E-state index contributed by atoms with van der Waals surface area (Å²) in [6.07, 6.45) is 8.73. The van der Waals surface area contributed by atoms with Crippen molar-refractivity contribution in [2.75, 3.05) is 5.32 Å². The number of pyridine rings is 1. The third-order valence-electron chi connectivity index (χ3n) is 2.01. The summed E-state index contributed by atoms with van der Waals surface area (Å²) in [6.45, 7) is 0. The van der Waals surface area contributed by atoms with E-state index in [0.717, 1.165) is 11.3 Å². The van der Waals surface area contributed by atoms with Crippen molar-refractivity contribution in [3.05, 3.63) is 48.8 Å². The molecule has 1 aliphatic heterocycles. The Balaban J connectivity index is 0.000000138. The van der Waals surface area contributed by atoms with Crippen LogP contribution in [0, 0.1) is 0 Å². The third kappa shape index (κ3) is 2.60. The second-order valence-electron chi connectivity index (χ2n) is 3.16. The largest absolute Gasteiger partial charge is 0.324 e. The highest BCUT2D eigenvalue weighted by molar-refractivity contribution is 5.98. The van der Waals surface area contributed by atoms with Gasteiger partial charge in [0.05, 0.1) is 18.3 Å². The lowest BCUT2D eigenvalue weighted by Gasteiger charge is -1.92. The van der Waals surface area contributed by atoms with E-state index >= 15 is 0 Å². The van der Waals surface area contributed by atoms with Crippen LogP contribution in [-0.2, 0) is 11.2 Å². The number of carbonyl (C=O) groups excluding carboxylic acids is 1.